The van der Waals surface area contributed by atoms with Gasteiger partial charge in [-0.1, -0.05) is 25.8 Å². The van der Waals surface area contributed by atoms with Crippen LogP contribution in [0.15, 0.2) is 18.2 Å². The van der Waals surface area contributed by atoms with E-state index in [1.807, 2.05) is 18.2 Å². The molecule has 2 aliphatic rings. The van der Waals surface area contributed by atoms with Crippen molar-refractivity contribution in [3.63, 3.8) is 0 Å². The van der Waals surface area contributed by atoms with Crippen LogP contribution >= 0.6 is 0 Å². The van der Waals surface area contributed by atoms with Crippen molar-refractivity contribution in [3.8, 4) is 11.5 Å². The summed E-state index contributed by atoms with van der Waals surface area (Å²) in [5.74, 6) is 2.37. The molecule has 0 spiro atoms. The van der Waals surface area contributed by atoms with E-state index in [0.29, 0.717) is 25.9 Å². The van der Waals surface area contributed by atoms with Gasteiger partial charge in [-0.15, -0.1) is 0 Å². The Labute approximate surface area is 126 Å². The molecule has 4 nitrogen and oxygen atoms in total. The van der Waals surface area contributed by atoms with E-state index in [-0.39, 0.29) is 6.04 Å². The molecule has 1 fully saturated rings. The number of fused-ring (bicyclic) bond motifs is 1. The smallest absolute Gasteiger partial charge is 0.161 e. The number of nitrogens with two attached hydrogens (primary N) is 1. The van der Waals surface area contributed by atoms with Crippen LogP contribution in [-0.4, -0.2) is 25.9 Å². The molecular formula is C17H25NO3. The minimum atomic E-state index is -0.113. The molecular weight excluding hydrogens is 266 g/mol. The lowest BCUT2D eigenvalue weighted by molar-refractivity contribution is 0.00847. The molecule has 0 aromatic heterocycles. The molecule has 1 saturated carbocycles. The second-order valence-corrected chi connectivity index (χ2v) is 6.24. The molecule has 1 aliphatic heterocycles. The summed E-state index contributed by atoms with van der Waals surface area (Å²) < 4.78 is 17.1. The van der Waals surface area contributed by atoms with Gasteiger partial charge in [0.05, 0.1) is 18.8 Å². The van der Waals surface area contributed by atoms with Crippen molar-refractivity contribution in [2.45, 2.75) is 44.8 Å². The maximum absolute atomic E-state index is 6.26. The molecule has 0 bridgehead atoms. The van der Waals surface area contributed by atoms with Crippen LogP contribution in [0.2, 0.25) is 0 Å². The second-order valence-electron chi connectivity index (χ2n) is 6.24. The van der Waals surface area contributed by atoms with Crippen molar-refractivity contribution < 1.29 is 14.2 Å². The zero-order valence-electron chi connectivity index (χ0n) is 12.7. The fourth-order valence-corrected chi connectivity index (χ4v) is 3.16. The summed E-state index contributed by atoms with van der Waals surface area (Å²) in [5, 5.41) is 0. The average Bonchev–Trinajstić information content (AvgIpc) is 2.52. The van der Waals surface area contributed by atoms with E-state index in [1.54, 1.807) is 0 Å². The first-order valence-corrected chi connectivity index (χ1v) is 7.99. The number of hydrogen-bond acceptors (Lipinski definition) is 4. The van der Waals surface area contributed by atoms with E-state index < -0.39 is 0 Å². The SMILES string of the molecule is CC1CCCC(OCC(N)c2ccc3c(c2)OCCO3)C1. The van der Waals surface area contributed by atoms with Crippen LogP contribution in [0.4, 0.5) is 0 Å². The average molecular weight is 291 g/mol. The van der Waals surface area contributed by atoms with Crippen LogP contribution in [0.5, 0.6) is 11.5 Å². The third kappa shape index (κ3) is 3.69. The Bertz CT molecular complexity index is 477. The van der Waals surface area contributed by atoms with Gasteiger partial charge in [0.15, 0.2) is 11.5 Å². The van der Waals surface area contributed by atoms with E-state index in [1.165, 1.54) is 12.8 Å². The molecule has 3 unspecified atom stereocenters. The van der Waals surface area contributed by atoms with Crippen molar-refractivity contribution in [1.82, 2.24) is 0 Å². The highest BCUT2D eigenvalue weighted by molar-refractivity contribution is 5.44. The highest BCUT2D eigenvalue weighted by atomic mass is 16.6. The Hall–Kier alpha value is -1.26. The molecule has 1 aromatic rings. The number of hydrogen-bond donors (Lipinski definition) is 1. The van der Waals surface area contributed by atoms with Crippen LogP contribution in [-0.2, 0) is 4.74 Å². The van der Waals surface area contributed by atoms with Gasteiger partial charge in [0.2, 0.25) is 0 Å². The minimum Gasteiger partial charge on any atom is -0.486 e. The molecule has 1 aliphatic carbocycles. The van der Waals surface area contributed by atoms with Gasteiger partial charge in [-0.3, -0.25) is 0 Å². The van der Waals surface area contributed by atoms with Crippen molar-refractivity contribution >= 4 is 0 Å². The highest BCUT2D eigenvalue weighted by Crippen LogP contribution is 2.32. The fourth-order valence-electron chi connectivity index (χ4n) is 3.16. The zero-order valence-corrected chi connectivity index (χ0v) is 12.7. The van der Waals surface area contributed by atoms with Crippen LogP contribution in [0.3, 0.4) is 0 Å². The summed E-state index contributed by atoms with van der Waals surface area (Å²) >= 11 is 0. The summed E-state index contributed by atoms with van der Waals surface area (Å²) in [6.07, 6.45) is 5.29. The molecule has 0 saturated heterocycles. The molecule has 21 heavy (non-hydrogen) atoms. The number of benzene rings is 1. The number of rotatable bonds is 4. The van der Waals surface area contributed by atoms with Crippen LogP contribution in [0.25, 0.3) is 0 Å². The Balaban J connectivity index is 1.56. The predicted octanol–water partition coefficient (Wildman–Crippen LogP) is 3.05. The first-order chi connectivity index (χ1) is 10.2. The molecule has 0 radical (unpaired) electrons. The summed E-state index contributed by atoms with van der Waals surface area (Å²) in [6, 6.07) is 5.81. The van der Waals surface area contributed by atoms with Crippen LogP contribution in [0, 0.1) is 5.92 Å². The standard InChI is InChI=1S/C17H25NO3/c1-12-3-2-4-14(9-12)21-11-15(18)13-5-6-16-17(10-13)20-8-7-19-16/h5-6,10,12,14-15H,2-4,7-9,11,18H2,1H3. The molecule has 4 heteroatoms. The Morgan fingerprint density at radius 1 is 1.24 bits per heavy atom. The van der Waals surface area contributed by atoms with Crippen molar-refractivity contribution in [2.75, 3.05) is 19.8 Å². The Morgan fingerprint density at radius 2 is 2.05 bits per heavy atom. The van der Waals surface area contributed by atoms with E-state index in [2.05, 4.69) is 6.92 Å². The third-order valence-electron chi connectivity index (χ3n) is 4.39. The lowest BCUT2D eigenvalue weighted by Crippen LogP contribution is -2.26. The molecule has 1 heterocycles. The van der Waals surface area contributed by atoms with Crippen molar-refractivity contribution in [3.05, 3.63) is 23.8 Å². The second kappa shape index (κ2) is 6.67. The largest absolute Gasteiger partial charge is 0.486 e. The van der Waals surface area contributed by atoms with Crippen LogP contribution in [0.1, 0.15) is 44.2 Å². The summed E-state index contributed by atoms with van der Waals surface area (Å²) in [7, 11) is 0. The molecule has 116 valence electrons. The van der Waals surface area contributed by atoms with E-state index in [4.69, 9.17) is 19.9 Å². The quantitative estimate of drug-likeness (QED) is 0.926. The van der Waals surface area contributed by atoms with Crippen molar-refractivity contribution in [1.29, 1.82) is 0 Å². The van der Waals surface area contributed by atoms with Crippen molar-refractivity contribution in [2.24, 2.45) is 11.7 Å². The fraction of sp³-hybridized carbons (Fsp3) is 0.647. The topological polar surface area (TPSA) is 53.7 Å². The number of ether oxygens (including phenoxy) is 3. The van der Waals surface area contributed by atoms with Gasteiger partial charge >= 0.3 is 0 Å². The summed E-state index contributed by atoms with van der Waals surface area (Å²) in [5.41, 5.74) is 7.30. The first kappa shape index (κ1) is 14.7. The lowest BCUT2D eigenvalue weighted by atomic mass is 9.89. The van der Waals surface area contributed by atoms with E-state index in [0.717, 1.165) is 35.8 Å². The maximum Gasteiger partial charge on any atom is 0.161 e. The molecule has 2 N–H and O–H groups in total. The third-order valence-corrected chi connectivity index (χ3v) is 4.39. The molecule has 0 amide bonds. The lowest BCUT2D eigenvalue weighted by Gasteiger charge is -2.28. The Kier molecular flexibility index (Phi) is 4.66. The molecule has 3 rings (SSSR count). The monoisotopic (exact) mass is 291 g/mol. The van der Waals surface area contributed by atoms with Gasteiger partial charge in [-0.2, -0.15) is 0 Å². The zero-order chi connectivity index (χ0) is 14.7. The van der Waals surface area contributed by atoms with E-state index in [9.17, 15) is 0 Å². The molecule has 3 atom stereocenters. The van der Waals surface area contributed by atoms with Gasteiger partial charge in [-0.25, -0.2) is 0 Å². The van der Waals surface area contributed by atoms with Gasteiger partial charge in [0.1, 0.15) is 13.2 Å². The Morgan fingerprint density at radius 3 is 2.86 bits per heavy atom. The molecule has 1 aromatic carbocycles. The first-order valence-electron chi connectivity index (χ1n) is 7.99. The minimum absolute atomic E-state index is 0.113. The summed E-state index contributed by atoms with van der Waals surface area (Å²) in [6.45, 7) is 4.08. The van der Waals surface area contributed by atoms with Gasteiger partial charge < -0.3 is 19.9 Å². The van der Waals surface area contributed by atoms with E-state index >= 15 is 0 Å². The van der Waals surface area contributed by atoms with Gasteiger partial charge in [0, 0.05) is 0 Å². The van der Waals surface area contributed by atoms with Crippen LogP contribution < -0.4 is 15.2 Å². The van der Waals surface area contributed by atoms with Gasteiger partial charge in [-0.05, 0) is 36.5 Å². The summed E-state index contributed by atoms with van der Waals surface area (Å²) in [4.78, 5) is 0. The highest BCUT2D eigenvalue weighted by Gasteiger charge is 2.21. The maximum atomic E-state index is 6.26. The van der Waals surface area contributed by atoms with Gasteiger partial charge in [0.25, 0.3) is 0 Å². The normalized spacial score (nSPS) is 26.4. The predicted molar refractivity (Wildman–Crippen MR) is 81.7 cm³/mol.